The van der Waals surface area contributed by atoms with Gasteiger partial charge in [-0.2, -0.15) is 0 Å². The van der Waals surface area contributed by atoms with Crippen LogP contribution in [0.1, 0.15) is 24.8 Å². The van der Waals surface area contributed by atoms with E-state index in [1.165, 1.54) is 43.5 Å². The van der Waals surface area contributed by atoms with Crippen LogP contribution in [0.2, 0.25) is 0 Å². The number of allylic oxidation sites excluding steroid dienone is 4. The minimum atomic E-state index is 0.650. The summed E-state index contributed by atoms with van der Waals surface area (Å²) in [7, 11) is 4.59. The Morgan fingerprint density at radius 1 is 1.14 bits per heavy atom. The maximum atomic E-state index is 3.77. The van der Waals surface area contributed by atoms with E-state index in [0.717, 1.165) is 24.9 Å². The maximum absolute atomic E-state index is 3.77. The lowest BCUT2D eigenvalue weighted by Gasteiger charge is -2.51. The van der Waals surface area contributed by atoms with Gasteiger partial charge in [-0.05, 0) is 80.8 Å². The predicted octanol–water partition coefficient (Wildman–Crippen LogP) is 4.06. The van der Waals surface area contributed by atoms with E-state index < -0.39 is 0 Å². The Balaban J connectivity index is 1.17. The third-order valence-corrected chi connectivity index (χ3v) is 7.72. The number of fused-ring (bicyclic) bond motifs is 2. The van der Waals surface area contributed by atoms with Crippen molar-refractivity contribution in [1.29, 1.82) is 0 Å². The van der Waals surface area contributed by atoms with E-state index in [4.69, 9.17) is 0 Å². The largest absolute Gasteiger partial charge is 0.354 e. The van der Waals surface area contributed by atoms with Gasteiger partial charge in [-0.3, -0.25) is 0 Å². The van der Waals surface area contributed by atoms with Gasteiger partial charge < -0.3 is 15.1 Å². The monoisotopic (exact) mass is 389 g/mol. The number of rotatable bonds is 6. The van der Waals surface area contributed by atoms with E-state index in [1.807, 2.05) is 0 Å². The van der Waals surface area contributed by atoms with Crippen LogP contribution in [-0.2, 0) is 6.42 Å². The molecule has 1 aromatic rings. The highest BCUT2D eigenvalue weighted by molar-refractivity contribution is 5.39. The van der Waals surface area contributed by atoms with Gasteiger partial charge in [0.05, 0.1) is 0 Å². The van der Waals surface area contributed by atoms with Crippen LogP contribution in [0.3, 0.4) is 0 Å². The van der Waals surface area contributed by atoms with Crippen LogP contribution in [0.4, 0.5) is 0 Å². The molecule has 2 aliphatic heterocycles. The second-order valence-electron chi connectivity index (χ2n) is 9.62. The van der Waals surface area contributed by atoms with Crippen molar-refractivity contribution in [2.45, 2.75) is 31.7 Å². The van der Waals surface area contributed by atoms with Crippen LogP contribution in [-0.4, -0.2) is 49.6 Å². The second kappa shape index (κ2) is 8.12. The van der Waals surface area contributed by atoms with Crippen LogP contribution in [0.25, 0.3) is 0 Å². The molecular weight excluding hydrogens is 354 g/mol. The second-order valence-corrected chi connectivity index (χ2v) is 9.62. The molecule has 0 amide bonds. The average Bonchev–Trinajstić information content (AvgIpc) is 3.06. The third kappa shape index (κ3) is 3.71. The quantitative estimate of drug-likeness (QED) is 0.740. The molecule has 2 fully saturated rings. The van der Waals surface area contributed by atoms with Gasteiger partial charge in [0.1, 0.15) is 0 Å². The van der Waals surface area contributed by atoms with E-state index >= 15 is 0 Å². The Hall–Kier alpha value is -1.84. The van der Waals surface area contributed by atoms with Crippen LogP contribution in [0.5, 0.6) is 0 Å². The highest BCUT2D eigenvalue weighted by atomic mass is 15.2. The Morgan fingerprint density at radius 3 is 2.86 bits per heavy atom. The number of piperidine rings is 1. The van der Waals surface area contributed by atoms with E-state index in [1.54, 1.807) is 5.57 Å². The summed E-state index contributed by atoms with van der Waals surface area (Å²) in [5.74, 6) is 2.90. The number of likely N-dealkylation sites (tertiary alicyclic amines) is 1. The smallest absolute Gasteiger partial charge is 0.0285 e. The minimum absolute atomic E-state index is 0.650. The summed E-state index contributed by atoms with van der Waals surface area (Å²) in [6.07, 6.45) is 14.6. The molecule has 1 saturated carbocycles. The highest BCUT2D eigenvalue weighted by Crippen LogP contribution is 2.52. The zero-order valence-electron chi connectivity index (χ0n) is 17.9. The van der Waals surface area contributed by atoms with Crippen LogP contribution >= 0.6 is 0 Å². The normalized spacial score (nSPS) is 33.2. The summed E-state index contributed by atoms with van der Waals surface area (Å²) < 4.78 is 0. The van der Waals surface area contributed by atoms with Crippen molar-refractivity contribution in [1.82, 2.24) is 15.1 Å². The summed E-state index contributed by atoms with van der Waals surface area (Å²) >= 11 is 0. The van der Waals surface area contributed by atoms with Gasteiger partial charge in [-0.1, -0.05) is 42.5 Å². The van der Waals surface area contributed by atoms with Gasteiger partial charge >= 0.3 is 0 Å². The molecule has 29 heavy (non-hydrogen) atoms. The predicted molar refractivity (Wildman–Crippen MR) is 120 cm³/mol. The molecule has 0 aromatic heterocycles. The molecule has 0 bridgehead atoms. The van der Waals surface area contributed by atoms with E-state index in [9.17, 15) is 0 Å². The molecule has 1 saturated heterocycles. The Bertz CT molecular complexity index is 809. The lowest BCUT2D eigenvalue weighted by Crippen LogP contribution is -2.54. The van der Waals surface area contributed by atoms with Gasteiger partial charge in [-0.15, -0.1) is 0 Å². The van der Waals surface area contributed by atoms with Crippen molar-refractivity contribution in [3.8, 4) is 0 Å². The molecule has 154 valence electrons. The van der Waals surface area contributed by atoms with E-state index in [2.05, 4.69) is 84.0 Å². The highest BCUT2D eigenvalue weighted by Gasteiger charge is 2.49. The lowest BCUT2D eigenvalue weighted by atomic mass is 9.61. The molecule has 3 heteroatoms. The Morgan fingerprint density at radius 2 is 2.00 bits per heavy atom. The fourth-order valence-corrected chi connectivity index (χ4v) is 6.41. The van der Waals surface area contributed by atoms with E-state index in [0.29, 0.717) is 17.9 Å². The molecule has 5 atom stereocenters. The van der Waals surface area contributed by atoms with Gasteiger partial charge in [0, 0.05) is 37.4 Å². The summed E-state index contributed by atoms with van der Waals surface area (Å²) in [6, 6.07) is 11.6. The minimum Gasteiger partial charge on any atom is -0.354 e. The number of hydrogen-bond donors (Lipinski definition) is 1. The lowest BCUT2D eigenvalue weighted by molar-refractivity contribution is 0.0301. The molecule has 5 rings (SSSR count). The fraction of sp³-hybridized carbons (Fsp3) is 0.538. The van der Waals surface area contributed by atoms with Crippen LogP contribution in [0, 0.1) is 23.7 Å². The van der Waals surface area contributed by atoms with E-state index in [-0.39, 0.29) is 0 Å². The number of benzene rings is 1. The molecular formula is C26H35N3. The number of nitrogens with one attached hydrogen (secondary N) is 1. The summed E-state index contributed by atoms with van der Waals surface area (Å²) in [5, 5.41) is 3.77. The number of hydrogen-bond acceptors (Lipinski definition) is 3. The number of aryl methyl sites for hydroxylation is 1. The zero-order valence-corrected chi connectivity index (χ0v) is 17.9. The summed E-state index contributed by atoms with van der Waals surface area (Å²) in [6.45, 7) is 3.52. The van der Waals surface area contributed by atoms with Crippen molar-refractivity contribution in [2.75, 3.05) is 33.7 Å². The molecule has 3 nitrogen and oxygen atoms in total. The zero-order chi connectivity index (χ0) is 19.8. The van der Waals surface area contributed by atoms with Crippen molar-refractivity contribution in [3.05, 3.63) is 71.6 Å². The molecule has 4 aliphatic rings. The molecule has 0 radical (unpaired) electrons. The first-order chi connectivity index (χ1) is 14.2. The van der Waals surface area contributed by atoms with Crippen LogP contribution in [0.15, 0.2) is 66.0 Å². The fourth-order valence-electron chi connectivity index (χ4n) is 6.41. The van der Waals surface area contributed by atoms with Gasteiger partial charge in [0.15, 0.2) is 0 Å². The van der Waals surface area contributed by atoms with Gasteiger partial charge in [0.2, 0.25) is 0 Å². The molecule has 1 aromatic carbocycles. The first-order valence-electron chi connectivity index (χ1n) is 11.5. The standard InChI is InChI=1S/C26H35N3/c1-28-17-20(16-27-13-7-10-19-8-4-3-5-9-19)14-23-22-11-6-12-24-26(22)21(15-25(23)28)18-29(24)2/h3-6,8-9,11-12,18,20,22-23,25-27H,7,10,13-17H2,1-2H3/t20-,22?,23+,25+,26?/m0/s1. The molecule has 2 unspecified atom stereocenters. The van der Waals surface area contributed by atoms with Crippen molar-refractivity contribution >= 4 is 0 Å². The molecule has 0 spiro atoms. The first kappa shape index (κ1) is 19.1. The van der Waals surface area contributed by atoms with Crippen molar-refractivity contribution in [2.24, 2.45) is 23.7 Å². The third-order valence-electron chi connectivity index (χ3n) is 7.72. The maximum Gasteiger partial charge on any atom is 0.0285 e. The molecule has 2 heterocycles. The Kier molecular flexibility index (Phi) is 5.36. The van der Waals surface area contributed by atoms with Crippen molar-refractivity contribution < 1.29 is 0 Å². The first-order valence-corrected chi connectivity index (χ1v) is 11.5. The molecule has 2 aliphatic carbocycles. The van der Waals surface area contributed by atoms with Gasteiger partial charge in [-0.25, -0.2) is 0 Å². The SMILES string of the molecule is CN1C=C2C[C@@H]3[C@H](C[C@@H](CNCCCc4ccccc4)CN3C)C3C=CC=C1C23. The van der Waals surface area contributed by atoms with Gasteiger partial charge in [0.25, 0.3) is 0 Å². The topological polar surface area (TPSA) is 18.5 Å². The number of nitrogens with zero attached hydrogens (tertiary/aromatic N) is 2. The van der Waals surface area contributed by atoms with Crippen LogP contribution < -0.4 is 5.32 Å². The Labute approximate surface area is 176 Å². The molecule has 1 N–H and O–H groups in total. The summed E-state index contributed by atoms with van der Waals surface area (Å²) in [5.41, 5.74) is 4.64. The average molecular weight is 390 g/mol. The summed E-state index contributed by atoms with van der Waals surface area (Å²) in [4.78, 5) is 5.05. The van der Waals surface area contributed by atoms with Crippen molar-refractivity contribution in [3.63, 3.8) is 0 Å².